The van der Waals surface area contributed by atoms with Gasteiger partial charge in [0.1, 0.15) is 14.7 Å². The van der Waals surface area contributed by atoms with Crippen LogP contribution in [0, 0.1) is 6.92 Å². The highest BCUT2D eigenvalue weighted by Gasteiger charge is 2.24. The molecule has 1 N–H and O–H groups in total. The fraction of sp³-hybridized carbons (Fsp3) is 0.625. The van der Waals surface area contributed by atoms with Crippen LogP contribution in [-0.2, 0) is 19.9 Å². The van der Waals surface area contributed by atoms with E-state index in [2.05, 4.69) is 10.2 Å². The van der Waals surface area contributed by atoms with Crippen molar-refractivity contribution >= 4 is 19.9 Å². The van der Waals surface area contributed by atoms with Crippen LogP contribution in [0.25, 0.3) is 0 Å². The number of nitrogens with one attached hydrogen (secondary N) is 1. The summed E-state index contributed by atoms with van der Waals surface area (Å²) in [5, 5.41) is 6.16. The molecule has 0 aliphatic heterocycles. The smallest absolute Gasteiger partial charge is 0.246 e. The molecule has 0 fully saturated rings. The number of rotatable bonds is 5. The van der Waals surface area contributed by atoms with Crippen LogP contribution in [0.1, 0.15) is 5.69 Å². The number of hydrogen-bond acceptors (Lipinski definition) is 5. The molecule has 0 radical (unpaired) electrons. The van der Waals surface area contributed by atoms with Gasteiger partial charge in [-0.05, 0) is 6.92 Å². The van der Waals surface area contributed by atoms with E-state index in [4.69, 9.17) is 0 Å². The first kappa shape index (κ1) is 14.1. The molecule has 0 aliphatic carbocycles. The van der Waals surface area contributed by atoms with Crippen LogP contribution in [0.3, 0.4) is 0 Å². The number of aromatic amines is 1. The Morgan fingerprint density at radius 3 is 2.35 bits per heavy atom. The molecule has 0 atom stereocenters. The quantitative estimate of drug-likeness (QED) is 0.775. The molecule has 0 amide bonds. The SMILES string of the molecule is Cc1[nH]ncc1S(=O)(=O)N(C)CCS(C)(=O)=O. The summed E-state index contributed by atoms with van der Waals surface area (Å²) >= 11 is 0. The van der Waals surface area contributed by atoms with Crippen LogP contribution < -0.4 is 0 Å². The highest BCUT2D eigenvalue weighted by molar-refractivity contribution is 7.91. The van der Waals surface area contributed by atoms with Crippen molar-refractivity contribution in [3.8, 4) is 0 Å². The zero-order chi connectivity index (χ0) is 13.3. The molecule has 17 heavy (non-hydrogen) atoms. The number of aryl methyl sites for hydroxylation is 1. The van der Waals surface area contributed by atoms with Gasteiger partial charge in [0, 0.05) is 19.8 Å². The Balaban J connectivity index is 2.89. The van der Waals surface area contributed by atoms with Gasteiger partial charge in [0.15, 0.2) is 0 Å². The summed E-state index contributed by atoms with van der Waals surface area (Å²) in [5.74, 6) is -0.209. The average Bonchev–Trinajstić information content (AvgIpc) is 2.60. The van der Waals surface area contributed by atoms with Gasteiger partial charge in [0.05, 0.1) is 17.6 Å². The predicted molar refractivity (Wildman–Crippen MR) is 62.9 cm³/mol. The number of H-pyrrole nitrogens is 1. The molecule has 0 bridgehead atoms. The van der Waals surface area contributed by atoms with Crippen molar-refractivity contribution in [1.29, 1.82) is 0 Å². The minimum absolute atomic E-state index is 0.0634. The third-order valence-corrected chi connectivity index (χ3v) is 5.14. The largest absolute Gasteiger partial charge is 0.281 e. The van der Waals surface area contributed by atoms with Crippen molar-refractivity contribution in [2.45, 2.75) is 11.8 Å². The third-order valence-electron chi connectivity index (χ3n) is 2.25. The molecule has 0 aliphatic rings. The Morgan fingerprint density at radius 1 is 1.35 bits per heavy atom. The van der Waals surface area contributed by atoms with E-state index in [-0.39, 0.29) is 17.2 Å². The predicted octanol–water partition coefficient (Wildman–Crippen LogP) is -0.617. The van der Waals surface area contributed by atoms with Crippen molar-refractivity contribution in [2.24, 2.45) is 0 Å². The van der Waals surface area contributed by atoms with E-state index in [1.165, 1.54) is 13.2 Å². The maximum atomic E-state index is 12.0. The molecule has 0 unspecified atom stereocenters. The van der Waals surface area contributed by atoms with E-state index in [0.29, 0.717) is 5.69 Å². The normalized spacial score (nSPS) is 13.2. The molecular formula is C8H15N3O4S2. The Kier molecular flexibility index (Phi) is 3.95. The first-order chi connectivity index (χ1) is 7.64. The van der Waals surface area contributed by atoms with Crippen LogP contribution in [0.4, 0.5) is 0 Å². The minimum Gasteiger partial charge on any atom is -0.281 e. The van der Waals surface area contributed by atoms with Gasteiger partial charge in [-0.2, -0.15) is 9.40 Å². The first-order valence-electron chi connectivity index (χ1n) is 4.78. The second-order valence-corrected chi connectivity index (χ2v) is 8.09. The van der Waals surface area contributed by atoms with Crippen molar-refractivity contribution in [2.75, 3.05) is 25.6 Å². The van der Waals surface area contributed by atoms with Crippen LogP contribution >= 0.6 is 0 Å². The standard InChI is InChI=1S/C8H15N3O4S2/c1-7-8(6-9-10-7)17(14,15)11(2)4-5-16(3,12)13/h6H,4-5H2,1-3H3,(H,9,10). The lowest BCUT2D eigenvalue weighted by atomic mass is 10.5. The lowest BCUT2D eigenvalue weighted by Gasteiger charge is -2.15. The zero-order valence-corrected chi connectivity index (χ0v) is 11.5. The first-order valence-corrected chi connectivity index (χ1v) is 8.28. The molecule has 1 rings (SSSR count). The molecule has 0 saturated heterocycles. The lowest BCUT2D eigenvalue weighted by Crippen LogP contribution is -2.31. The van der Waals surface area contributed by atoms with E-state index in [0.717, 1.165) is 10.6 Å². The van der Waals surface area contributed by atoms with Crippen molar-refractivity contribution in [3.63, 3.8) is 0 Å². The fourth-order valence-corrected chi connectivity index (χ4v) is 3.19. The number of hydrogen-bond donors (Lipinski definition) is 1. The van der Waals surface area contributed by atoms with Crippen LogP contribution in [0.5, 0.6) is 0 Å². The summed E-state index contributed by atoms with van der Waals surface area (Å²) in [6.45, 7) is 1.51. The molecule has 0 saturated carbocycles. The maximum absolute atomic E-state index is 12.0. The molecule has 1 aromatic rings. The Morgan fingerprint density at radius 2 is 1.94 bits per heavy atom. The zero-order valence-electron chi connectivity index (χ0n) is 9.84. The van der Waals surface area contributed by atoms with Crippen LogP contribution in [-0.4, -0.2) is 56.9 Å². The minimum atomic E-state index is -3.67. The molecule has 9 heteroatoms. The van der Waals surface area contributed by atoms with Crippen molar-refractivity contribution < 1.29 is 16.8 Å². The number of aromatic nitrogens is 2. The summed E-state index contributed by atoms with van der Waals surface area (Å²) < 4.78 is 47.0. The molecule has 0 aromatic carbocycles. The molecule has 98 valence electrons. The molecule has 1 aromatic heterocycles. The van der Waals surface area contributed by atoms with Gasteiger partial charge in [-0.3, -0.25) is 5.10 Å². The molecule has 0 spiro atoms. The fourth-order valence-electron chi connectivity index (χ4n) is 1.18. The van der Waals surface area contributed by atoms with E-state index < -0.39 is 19.9 Å². The summed E-state index contributed by atoms with van der Waals surface area (Å²) in [5.41, 5.74) is 0.427. The van der Waals surface area contributed by atoms with Gasteiger partial charge in [-0.25, -0.2) is 16.8 Å². The highest BCUT2D eigenvalue weighted by atomic mass is 32.2. The van der Waals surface area contributed by atoms with E-state index in [1.807, 2.05) is 0 Å². The van der Waals surface area contributed by atoms with E-state index >= 15 is 0 Å². The topological polar surface area (TPSA) is 100 Å². The van der Waals surface area contributed by atoms with Gasteiger partial charge in [0.25, 0.3) is 0 Å². The van der Waals surface area contributed by atoms with Gasteiger partial charge < -0.3 is 0 Å². The van der Waals surface area contributed by atoms with Crippen LogP contribution in [0.15, 0.2) is 11.1 Å². The summed E-state index contributed by atoms with van der Waals surface area (Å²) in [4.78, 5) is 0.0634. The average molecular weight is 281 g/mol. The second kappa shape index (κ2) is 4.75. The second-order valence-electron chi connectivity index (χ2n) is 3.82. The van der Waals surface area contributed by atoms with Gasteiger partial charge in [-0.15, -0.1) is 0 Å². The summed E-state index contributed by atoms with van der Waals surface area (Å²) in [6, 6.07) is 0. The van der Waals surface area contributed by atoms with Gasteiger partial charge >= 0.3 is 0 Å². The Hall–Kier alpha value is -0.930. The molecule has 7 nitrogen and oxygen atoms in total. The van der Waals surface area contributed by atoms with Crippen LogP contribution in [0.2, 0.25) is 0 Å². The number of nitrogens with zero attached hydrogens (tertiary/aromatic N) is 2. The summed E-state index contributed by atoms with van der Waals surface area (Å²) in [7, 11) is -5.52. The van der Waals surface area contributed by atoms with E-state index in [1.54, 1.807) is 6.92 Å². The highest BCUT2D eigenvalue weighted by Crippen LogP contribution is 2.15. The lowest BCUT2D eigenvalue weighted by molar-refractivity contribution is 0.484. The molecule has 1 heterocycles. The van der Waals surface area contributed by atoms with Gasteiger partial charge in [-0.1, -0.05) is 0 Å². The van der Waals surface area contributed by atoms with E-state index in [9.17, 15) is 16.8 Å². The van der Waals surface area contributed by atoms with Gasteiger partial charge in [0.2, 0.25) is 10.0 Å². The van der Waals surface area contributed by atoms with Crippen molar-refractivity contribution in [1.82, 2.24) is 14.5 Å². The Bertz CT molecular complexity index is 588. The summed E-state index contributed by atoms with van der Waals surface area (Å²) in [6.07, 6.45) is 2.28. The Labute approximate surface area is 101 Å². The number of sulfonamides is 1. The molecular weight excluding hydrogens is 266 g/mol. The maximum Gasteiger partial charge on any atom is 0.246 e. The van der Waals surface area contributed by atoms with Crippen molar-refractivity contribution in [3.05, 3.63) is 11.9 Å². The number of sulfone groups is 1. The monoisotopic (exact) mass is 281 g/mol. The third kappa shape index (κ3) is 3.51.